The Morgan fingerprint density at radius 3 is 2.54 bits per heavy atom. The predicted octanol–water partition coefficient (Wildman–Crippen LogP) is 5.95. The first-order chi connectivity index (χ1) is 19.8. The largest absolute Gasteiger partial charge is 0.507 e. The molecule has 1 heterocycles. The minimum atomic E-state index is -0.386. The van der Waals surface area contributed by atoms with Crippen molar-refractivity contribution < 1.29 is 19.4 Å². The Labute approximate surface area is 241 Å². The van der Waals surface area contributed by atoms with Crippen LogP contribution in [0.25, 0.3) is 11.1 Å². The molecule has 8 heteroatoms. The van der Waals surface area contributed by atoms with Gasteiger partial charge in [0.25, 0.3) is 0 Å². The molecule has 0 radical (unpaired) electrons. The number of hydrogen-bond donors (Lipinski definition) is 3. The smallest absolute Gasteiger partial charge is 0.319 e. The number of morpholine rings is 1. The molecule has 1 aliphatic heterocycles. The van der Waals surface area contributed by atoms with Gasteiger partial charge < -0.3 is 25.4 Å². The van der Waals surface area contributed by atoms with Gasteiger partial charge in [-0.05, 0) is 59.2 Å². The number of phenolic OH excluding ortho intramolecular Hbond substituents is 1. The van der Waals surface area contributed by atoms with Gasteiger partial charge in [-0.2, -0.15) is 5.26 Å². The minimum absolute atomic E-state index is 0.167. The number of anilines is 1. The summed E-state index contributed by atoms with van der Waals surface area (Å²) >= 11 is 0. The van der Waals surface area contributed by atoms with E-state index in [2.05, 4.69) is 30.6 Å². The van der Waals surface area contributed by atoms with E-state index in [0.717, 1.165) is 36.0 Å². The summed E-state index contributed by atoms with van der Waals surface area (Å²) in [7, 11) is 0. The van der Waals surface area contributed by atoms with Crippen LogP contribution < -0.4 is 10.6 Å². The molecule has 1 saturated heterocycles. The Balaban J connectivity index is 1.35. The standard InChI is InChI=1S/C33H38N4O4/c1-33(2,15-6-5-12-31(39)37-16-18-41-19-17-37)26-13-14-29(30(38)21-26)28-11-4-3-9-25(28)23-35-32(40)36-27-10-7-8-24(20-27)22-34/h3-4,7-11,13-14,20-21,38H,5-6,12,15-19,23H2,1-2H3,(H2,35,36,40). The van der Waals surface area contributed by atoms with E-state index in [9.17, 15) is 14.7 Å². The molecule has 8 nitrogen and oxygen atoms in total. The third kappa shape index (κ3) is 8.09. The van der Waals surface area contributed by atoms with Crippen molar-refractivity contribution in [2.24, 2.45) is 0 Å². The van der Waals surface area contributed by atoms with Gasteiger partial charge in [-0.1, -0.05) is 62.7 Å². The molecule has 0 unspecified atom stereocenters. The van der Waals surface area contributed by atoms with E-state index in [0.29, 0.717) is 49.5 Å². The Kier molecular flexibility index (Phi) is 9.99. The van der Waals surface area contributed by atoms with Crippen LogP contribution in [-0.2, 0) is 21.5 Å². The summed E-state index contributed by atoms with van der Waals surface area (Å²) in [6.45, 7) is 7.18. The first-order valence-electron chi connectivity index (χ1n) is 14.1. The van der Waals surface area contributed by atoms with E-state index in [-0.39, 0.29) is 29.6 Å². The van der Waals surface area contributed by atoms with Crippen LogP contribution in [0.2, 0.25) is 0 Å². The molecule has 0 saturated carbocycles. The first kappa shape index (κ1) is 29.6. The highest BCUT2D eigenvalue weighted by Crippen LogP contribution is 2.37. The van der Waals surface area contributed by atoms with Gasteiger partial charge in [-0.25, -0.2) is 4.79 Å². The third-order valence-electron chi connectivity index (χ3n) is 7.58. The highest BCUT2D eigenvalue weighted by molar-refractivity contribution is 5.89. The average molecular weight is 555 g/mol. The lowest BCUT2D eigenvalue weighted by molar-refractivity contribution is -0.135. The number of unbranched alkanes of at least 4 members (excludes halogenated alkanes) is 1. The molecule has 0 aliphatic carbocycles. The lowest BCUT2D eigenvalue weighted by Crippen LogP contribution is -2.40. The van der Waals surface area contributed by atoms with Crippen molar-refractivity contribution >= 4 is 17.6 Å². The van der Waals surface area contributed by atoms with E-state index in [1.54, 1.807) is 24.3 Å². The predicted molar refractivity (Wildman–Crippen MR) is 159 cm³/mol. The lowest BCUT2D eigenvalue weighted by Gasteiger charge is -2.28. The zero-order valence-electron chi connectivity index (χ0n) is 23.8. The van der Waals surface area contributed by atoms with E-state index in [1.807, 2.05) is 47.4 Å². The number of aromatic hydroxyl groups is 1. The second-order valence-corrected chi connectivity index (χ2v) is 11.0. The van der Waals surface area contributed by atoms with Gasteiger partial charge in [-0.15, -0.1) is 0 Å². The fraction of sp³-hybridized carbons (Fsp3) is 0.364. The molecular formula is C33H38N4O4. The number of phenols is 1. The number of benzene rings is 3. The zero-order valence-corrected chi connectivity index (χ0v) is 23.8. The number of urea groups is 1. The second kappa shape index (κ2) is 13.8. The van der Waals surface area contributed by atoms with Crippen molar-refractivity contribution in [3.05, 3.63) is 83.4 Å². The number of hydrogen-bond acceptors (Lipinski definition) is 5. The number of carbonyl (C=O) groups is 2. The molecule has 41 heavy (non-hydrogen) atoms. The van der Waals surface area contributed by atoms with Crippen LogP contribution >= 0.6 is 0 Å². The highest BCUT2D eigenvalue weighted by Gasteiger charge is 2.23. The Bertz CT molecular complexity index is 1410. The van der Waals surface area contributed by atoms with Crippen LogP contribution in [0.3, 0.4) is 0 Å². The third-order valence-corrected chi connectivity index (χ3v) is 7.58. The van der Waals surface area contributed by atoms with Crippen molar-refractivity contribution in [2.75, 3.05) is 31.6 Å². The number of carbonyl (C=O) groups excluding carboxylic acids is 2. The van der Waals surface area contributed by atoms with Crippen molar-refractivity contribution in [1.29, 1.82) is 5.26 Å². The van der Waals surface area contributed by atoms with E-state index in [4.69, 9.17) is 10.00 Å². The minimum Gasteiger partial charge on any atom is -0.507 e. The zero-order chi connectivity index (χ0) is 29.2. The van der Waals surface area contributed by atoms with Crippen LogP contribution in [-0.4, -0.2) is 48.2 Å². The fourth-order valence-electron chi connectivity index (χ4n) is 5.09. The van der Waals surface area contributed by atoms with Crippen molar-refractivity contribution in [2.45, 2.75) is 51.5 Å². The van der Waals surface area contributed by atoms with Gasteiger partial charge in [0.2, 0.25) is 5.91 Å². The molecule has 1 aliphatic rings. The number of nitrogens with zero attached hydrogens (tertiary/aromatic N) is 2. The van der Waals surface area contributed by atoms with E-state index < -0.39 is 0 Å². The average Bonchev–Trinajstić information content (AvgIpc) is 2.99. The highest BCUT2D eigenvalue weighted by atomic mass is 16.5. The maximum absolute atomic E-state index is 12.5. The number of rotatable bonds is 10. The van der Waals surface area contributed by atoms with Gasteiger partial charge >= 0.3 is 6.03 Å². The molecule has 3 aromatic carbocycles. The summed E-state index contributed by atoms with van der Waals surface area (Å²) in [6, 6.07) is 21.8. The molecule has 0 spiro atoms. The summed E-state index contributed by atoms with van der Waals surface area (Å²) in [6.07, 6.45) is 3.20. The van der Waals surface area contributed by atoms with Crippen LogP contribution in [0.4, 0.5) is 10.5 Å². The molecule has 3 N–H and O–H groups in total. The van der Waals surface area contributed by atoms with Crippen molar-refractivity contribution in [1.82, 2.24) is 10.2 Å². The topological polar surface area (TPSA) is 115 Å². The molecule has 3 aromatic rings. The molecule has 0 atom stereocenters. The van der Waals surface area contributed by atoms with Crippen molar-refractivity contribution in [3.63, 3.8) is 0 Å². The van der Waals surface area contributed by atoms with Gasteiger partial charge in [0.15, 0.2) is 0 Å². The molecule has 1 fully saturated rings. The maximum atomic E-state index is 12.5. The molecule has 4 rings (SSSR count). The van der Waals surface area contributed by atoms with Crippen LogP contribution in [0.15, 0.2) is 66.7 Å². The SMILES string of the molecule is CC(C)(CCCCC(=O)N1CCOCC1)c1ccc(-c2ccccc2CNC(=O)Nc2cccc(C#N)c2)c(O)c1. The molecule has 214 valence electrons. The number of ether oxygens (including phenoxy) is 1. The second-order valence-electron chi connectivity index (χ2n) is 11.0. The molecule has 0 bridgehead atoms. The normalized spacial score (nSPS) is 13.3. The maximum Gasteiger partial charge on any atom is 0.319 e. The van der Waals surface area contributed by atoms with Crippen LogP contribution in [0, 0.1) is 11.3 Å². The number of nitrogens with one attached hydrogen (secondary N) is 2. The van der Waals surface area contributed by atoms with Gasteiger partial charge in [0.1, 0.15) is 5.75 Å². The van der Waals surface area contributed by atoms with Gasteiger partial charge in [0.05, 0.1) is 24.8 Å². The van der Waals surface area contributed by atoms with Crippen LogP contribution in [0.1, 0.15) is 56.2 Å². The first-order valence-corrected chi connectivity index (χ1v) is 14.1. The Morgan fingerprint density at radius 1 is 1.00 bits per heavy atom. The Morgan fingerprint density at radius 2 is 1.78 bits per heavy atom. The number of nitriles is 1. The summed E-state index contributed by atoms with van der Waals surface area (Å²) in [5.41, 5.74) is 4.26. The summed E-state index contributed by atoms with van der Waals surface area (Å²) in [4.78, 5) is 26.8. The van der Waals surface area contributed by atoms with Crippen molar-refractivity contribution in [3.8, 4) is 22.9 Å². The van der Waals surface area contributed by atoms with E-state index >= 15 is 0 Å². The lowest BCUT2D eigenvalue weighted by atomic mass is 9.79. The summed E-state index contributed by atoms with van der Waals surface area (Å²) in [5, 5.41) is 25.7. The Hall–Kier alpha value is -4.35. The fourth-order valence-corrected chi connectivity index (χ4v) is 5.09. The van der Waals surface area contributed by atoms with Crippen LogP contribution in [0.5, 0.6) is 5.75 Å². The molecular weight excluding hydrogens is 516 g/mol. The monoisotopic (exact) mass is 554 g/mol. The molecule has 3 amide bonds. The summed E-state index contributed by atoms with van der Waals surface area (Å²) < 4.78 is 5.33. The summed E-state index contributed by atoms with van der Waals surface area (Å²) in [5.74, 6) is 0.384. The number of amides is 3. The van der Waals surface area contributed by atoms with Gasteiger partial charge in [-0.3, -0.25) is 4.79 Å². The van der Waals surface area contributed by atoms with E-state index in [1.165, 1.54) is 0 Å². The quantitative estimate of drug-likeness (QED) is 0.268. The van der Waals surface area contributed by atoms with Gasteiger partial charge in [0, 0.05) is 37.3 Å². The molecule has 0 aromatic heterocycles.